The Bertz CT molecular complexity index is 333. The van der Waals surface area contributed by atoms with Gasteiger partial charge in [0.2, 0.25) is 0 Å². The first kappa shape index (κ1) is 13.8. The number of halogens is 1. The van der Waals surface area contributed by atoms with E-state index >= 15 is 0 Å². The fourth-order valence-electron chi connectivity index (χ4n) is 2.04. The van der Waals surface area contributed by atoms with Crippen LogP contribution in [0.5, 0.6) is 0 Å². The second-order valence-electron chi connectivity index (χ2n) is 5.61. The van der Waals surface area contributed by atoms with Gasteiger partial charge in [-0.05, 0) is 24.0 Å². The van der Waals surface area contributed by atoms with Crippen LogP contribution < -0.4 is 0 Å². The number of aliphatic hydroxyl groups is 1. The number of hydrogen-bond acceptors (Lipinski definition) is 1. The van der Waals surface area contributed by atoms with Crippen LogP contribution >= 0.6 is 11.6 Å². The molecule has 1 aromatic rings. The highest BCUT2D eigenvalue weighted by Gasteiger charge is 2.20. The molecule has 0 aliphatic heterocycles. The van der Waals surface area contributed by atoms with Crippen LogP contribution in [0.15, 0.2) is 24.3 Å². The summed E-state index contributed by atoms with van der Waals surface area (Å²) in [6.07, 6.45) is 0.889. The average Bonchev–Trinajstić information content (AvgIpc) is 2.18. The van der Waals surface area contributed by atoms with Crippen molar-refractivity contribution in [3.8, 4) is 0 Å². The molecule has 0 heterocycles. The molecule has 0 aliphatic rings. The van der Waals surface area contributed by atoms with Gasteiger partial charge in [-0.2, -0.15) is 0 Å². The van der Waals surface area contributed by atoms with E-state index in [-0.39, 0.29) is 6.61 Å². The molecule has 3 heteroatoms. The molecule has 16 heavy (non-hydrogen) atoms. The summed E-state index contributed by atoms with van der Waals surface area (Å²) in [5, 5.41) is 10.2. The quantitative estimate of drug-likeness (QED) is 0.794. The lowest BCUT2D eigenvalue weighted by Crippen LogP contribution is -2.26. The van der Waals surface area contributed by atoms with E-state index in [0.717, 1.165) is 23.1 Å². The van der Waals surface area contributed by atoms with Crippen LogP contribution in [0.3, 0.4) is 0 Å². The molecule has 1 rings (SSSR count). The van der Waals surface area contributed by atoms with Crippen molar-refractivity contribution in [1.29, 1.82) is 0 Å². The van der Waals surface area contributed by atoms with Crippen LogP contribution in [0.2, 0.25) is 30.7 Å². The lowest BCUT2D eigenvalue weighted by atomic mass is 10.0. The third-order valence-electron chi connectivity index (χ3n) is 2.63. The smallest absolute Gasteiger partial charge is 0.0459 e. The first-order valence-electron chi connectivity index (χ1n) is 5.76. The summed E-state index contributed by atoms with van der Waals surface area (Å²) in [6, 6.07) is 9.06. The van der Waals surface area contributed by atoms with E-state index in [0.29, 0.717) is 5.92 Å². The maximum Gasteiger partial charge on any atom is 0.0459 e. The Morgan fingerprint density at radius 1 is 1.25 bits per heavy atom. The summed E-state index contributed by atoms with van der Waals surface area (Å²) in [5.41, 5.74) is 1.15. The van der Waals surface area contributed by atoms with E-state index in [1.54, 1.807) is 0 Å². The highest BCUT2D eigenvalue weighted by Crippen LogP contribution is 2.24. The van der Waals surface area contributed by atoms with Crippen molar-refractivity contribution in [1.82, 2.24) is 0 Å². The monoisotopic (exact) mass is 256 g/mol. The molecule has 0 amide bonds. The van der Waals surface area contributed by atoms with Gasteiger partial charge in [-0.15, -0.1) is 0 Å². The topological polar surface area (TPSA) is 20.2 Å². The molecule has 90 valence electrons. The summed E-state index contributed by atoms with van der Waals surface area (Å²) >= 11 is 6.13. The zero-order valence-corrected chi connectivity index (χ0v) is 12.1. The third kappa shape index (κ3) is 4.68. The molecule has 0 aromatic heterocycles. The summed E-state index contributed by atoms with van der Waals surface area (Å²) in [7, 11) is -1.12. The van der Waals surface area contributed by atoms with Crippen molar-refractivity contribution in [2.75, 3.05) is 6.61 Å². The number of aliphatic hydroxyl groups excluding tert-OH is 1. The Labute approximate surface area is 104 Å². The van der Waals surface area contributed by atoms with Crippen LogP contribution in [-0.4, -0.2) is 19.8 Å². The van der Waals surface area contributed by atoms with Gasteiger partial charge in [0.15, 0.2) is 0 Å². The van der Waals surface area contributed by atoms with Gasteiger partial charge in [0, 0.05) is 19.7 Å². The van der Waals surface area contributed by atoms with Gasteiger partial charge in [0.1, 0.15) is 0 Å². The highest BCUT2D eigenvalue weighted by molar-refractivity contribution is 6.76. The summed E-state index contributed by atoms with van der Waals surface area (Å²) in [5.74, 6) is 0.353. The van der Waals surface area contributed by atoms with Crippen molar-refractivity contribution in [2.24, 2.45) is 5.92 Å². The molecule has 0 bridgehead atoms. The third-order valence-corrected chi connectivity index (χ3v) is 4.80. The minimum atomic E-state index is -1.12. The Morgan fingerprint density at radius 2 is 1.88 bits per heavy atom. The molecule has 1 nitrogen and oxygen atoms in total. The molecule has 0 fully saturated rings. The molecule has 1 atom stereocenters. The van der Waals surface area contributed by atoms with Crippen LogP contribution in [0, 0.1) is 5.92 Å². The second-order valence-corrected chi connectivity index (χ2v) is 11.5. The summed E-state index contributed by atoms with van der Waals surface area (Å²) < 4.78 is 0. The maximum atomic E-state index is 9.42. The number of benzene rings is 1. The van der Waals surface area contributed by atoms with Crippen molar-refractivity contribution >= 4 is 19.7 Å². The van der Waals surface area contributed by atoms with E-state index in [1.165, 1.54) is 0 Å². The van der Waals surface area contributed by atoms with Gasteiger partial charge in [-0.25, -0.2) is 0 Å². The molecular formula is C13H21ClOSi. The summed E-state index contributed by atoms with van der Waals surface area (Å²) in [6.45, 7) is 7.27. The minimum Gasteiger partial charge on any atom is -0.396 e. The lowest BCUT2D eigenvalue weighted by Gasteiger charge is -2.23. The lowest BCUT2D eigenvalue weighted by molar-refractivity contribution is 0.236. The predicted molar refractivity (Wildman–Crippen MR) is 73.9 cm³/mol. The molecule has 1 N–H and O–H groups in total. The molecule has 0 saturated heterocycles. The van der Waals surface area contributed by atoms with Gasteiger partial charge >= 0.3 is 0 Å². The van der Waals surface area contributed by atoms with E-state index in [1.807, 2.05) is 18.2 Å². The Balaban J connectivity index is 2.67. The fraction of sp³-hybridized carbons (Fsp3) is 0.538. The largest absolute Gasteiger partial charge is 0.396 e. The molecule has 1 unspecified atom stereocenters. The first-order valence-corrected chi connectivity index (χ1v) is 9.85. The first-order chi connectivity index (χ1) is 7.42. The van der Waals surface area contributed by atoms with Crippen LogP contribution in [-0.2, 0) is 6.42 Å². The number of rotatable bonds is 5. The Hall–Kier alpha value is -0.313. The van der Waals surface area contributed by atoms with Crippen molar-refractivity contribution < 1.29 is 5.11 Å². The van der Waals surface area contributed by atoms with Crippen LogP contribution in [0.25, 0.3) is 0 Å². The van der Waals surface area contributed by atoms with Gasteiger partial charge in [0.25, 0.3) is 0 Å². The SMILES string of the molecule is C[Si](C)(C)CC(CO)Cc1ccccc1Cl. The van der Waals surface area contributed by atoms with Crippen molar-refractivity contribution in [3.05, 3.63) is 34.9 Å². The summed E-state index contributed by atoms with van der Waals surface area (Å²) in [4.78, 5) is 0. The maximum absolute atomic E-state index is 9.42. The van der Waals surface area contributed by atoms with E-state index in [2.05, 4.69) is 25.7 Å². The van der Waals surface area contributed by atoms with Gasteiger partial charge in [-0.3, -0.25) is 0 Å². The molecule has 0 spiro atoms. The van der Waals surface area contributed by atoms with E-state index < -0.39 is 8.07 Å². The van der Waals surface area contributed by atoms with Crippen LogP contribution in [0.4, 0.5) is 0 Å². The molecular weight excluding hydrogens is 236 g/mol. The molecule has 1 aromatic carbocycles. The minimum absolute atomic E-state index is 0.259. The van der Waals surface area contributed by atoms with Crippen LogP contribution in [0.1, 0.15) is 5.56 Å². The predicted octanol–water partition coefficient (Wildman–Crippen LogP) is 3.83. The van der Waals surface area contributed by atoms with Crippen molar-refractivity contribution in [2.45, 2.75) is 32.1 Å². The number of hydrogen-bond donors (Lipinski definition) is 1. The van der Waals surface area contributed by atoms with Gasteiger partial charge in [0.05, 0.1) is 0 Å². The zero-order valence-electron chi connectivity index (χ0n) is 10.3. The van der Waals surface area contributed by atoms with Gasteiger partial charge < -0.3 is 5.11 Å². The highest BCUT2D eigenvalue weighted by atomic mass is 35.5. The Kier molecular flexibility index (Phi) is 5.03. The van der Waals surface area contributed by atoms with E-state index in [4.69, 9.17) is 11.6 Å². The second kappa shape index (κ2) is 5.85. The molecule has 0 aliphatic carbocycles. The fourth-order valence-corrected chi connectivity index (χ4v) is 4.26. The average molecular weight is 257 g/mol. The van der Waals surface area contributed by atoms with Crippen molar-refractivity contribution in [3.63, 3.8) is 0 Å². The van der Waals surface area contributed by atoms with E-state index in [9.17, 15) is 5.11 Å². The molecule has 0 saturated carbocycles. The normalized spacial score (nSPS) is 13.8. The Morgan fingerprint density at radius 3 is 2.38 bits per heavy atom. The standard InChI is InChI=1S/C13H21ClOSi/c1-16(2,3)10-11(9-15)8-12-6-4-5-7-13(12)14/h4-7,11,15H,8-10H2,1-3H3. The molecule has 0 radical (unpaired) electrons. The zero-order chi connectivity index (χ0) is 12.2. The van der Waals surface area contributed by atoms with Gasteiger partial charge in [-0.1, -0.05) is 55.5 Å².